The number of para-hydroxylation sites is 1. The standard InChI is InChI=1S/C20H21N3O/c1-2-15-7-8-19-17(13-15)20(16-5-3-4-6-18(16)24-19)22-10-12-23-11-9-21-14-23/h3-9,11,13-14,20,22H,2,10,12H2,1H3. The predicted octanol–water partition coefficient (Wildman–Crippen LogP) is 3.93. The summed E-state index contributed by atoms with van der Waals surface area (Å²) in [4.78, 5) is 4.10. The zero-order chi connectivity index (χ0) is 16.4. The van der Waals surface area contributed by atoms with Gasteiger partial charge in [-0.25, -0.2) is 4.98 Å². The molecular formula is C20H21N3O. The van der Waals surface area contributed by atoms with Crippen LogP contribution in [0.25, 0.3) is 0 Å². The molecule has 1 unspecified atom stereocenters. The van der Waals surface area contributed by atoms with E-state index in [1.54, 1.807) is 0 Å². The van der Waals surface area contributed by atoms with E-state index in [-0.39, 0.29) is 6.04 Å². The summed E-state index contributed by atoms with van der Waals surface area (Å²) >= 11 is 0. The largest absolute Gasteiger partial charge is 0.457 e. The maximum atomic E-state index is 6.10. The van der Waals surface area contributed by atoms with Crippen LogP contribution in [0.4, 0.5) is 0 Å². The van der Waals surface area contributed by atoms with Gasteiger partial charge in [-0.3, -0.25) is 0 Å². The zero-order valence-electron chi connectivity index (χ0n) is 13.8. The van der Waals surface area contributed by atoms with Gasteiger partial charge in [0.1, 0.15) is 11.5 Å². The van der Waals surface area contributed by atoms with Crippen molar-refractivity contribution in [2.24, 2.45) is 0 Å². The highest BCUT2D eigenvalue weighted by Crippen LogP contribution is 2.42. The number of hydrogen-bond acceptors (Lipinski definition) is 3. The minimum Gasteiger partial charge on any atom is -0.457 e. The van der Waals surface area contributed by atoms with E-state index in [1.807, 2.05) is 30.9 Å². The van der Waals surface area contributed by atoms with E-state index < -0.39 is 0 Å². The van der Waals surface area contributed by atoms with Crippen LogP contribution in [-0.4, -0.2) is 16.1 Å². The molecule has 1 aliphatic heterocycles. The van der Waals surface area contributed by atoms with Crippen LogP contribution >= 0.6 is 0 Å². The molecule has 24 heavy (non-hydrogen) atoms. The smallest absolute Gasteiger partial charge is 0.132 e. The molecule has 0 bridgehead atoms. The van der Waals surface area contributed by atoms with Gasteiger partial charge in [0.25, 0.3) is 0 Å². The fourth-order valence-corrected chi connectivity index (χ4v) is 3.21. The van der Waals surface area contributed by atoms with E-state index in [0.717, 1.165) is 31.0 Å². The Labute approximate surface area is 142 Å². The Morgan fingerprint density at radius 1 is 1.12 bits per heavy atom. The lowest BCUT2D eigenvalue weighted by Crippen LogP contribution is -2.28. The molecule has 1 aliphatic rings. The first-order valence-corrected chi connectivity index (χ1v) is 8.44. The lowest BCUT2D eigenvalue weighted by molar-refractivity contribution is 0.424. The number of nitrogens with zero attached hydrogens (tertiary/aromatic N) is 2. The van der Waals surface area contributed by atoms with E-state index in [4.69, 9.17) is 4.74 Å². The van der Waals surface area contributed by atoms with Gasteiger partial charge in [-0.05, 0) is 24.1 Å². The number of hydrogen-bond donors (Lipinski definition) is 1. The molecule has 1 atom stereocenters. The molecule has 0 saturated heterocycles. The van der Waals surface area contributed by atoms with Crippen molar-refractivity contribution in [1.82, 2.24) is 14.9 Å². The molecule has 2 heterocycles. The van der Waals surface area contributed by atoms with Crippen LogP contribution in [0.1, 0.15) is 29.7 Å². The average Bonchev–Trinajstić information content (AvgIpc) is 3.14. The van der Waals surface area contributed by atoms with Gasteiger partial charge in [0.2, 0.25) is 0 Å². The van der Waals surface area contributed by atoms with E-state index in [2.05, 4.69) is 52.1 Å². The molecule has 122 valence electrons. The summed E-state index contributed by atoms with van der Waals surface area (Å²) < 4.78 is 8.19. The van der Waals surface area contributed by atoms with Crippen molar-refractivity contribution in [2.45, 2.75) is 25.9 Å². The van der Waals surface area contributed by atoms with E-state index in [0.29, 0.717) is 0 Å². The average molecular weight is 319 g/mol. The second-order valence-electron chi connectivity index (χ2n) is 6.05. The van der Waals surface area contributed by atoms with Crippen molar-refractivity contribution in [3.8, 4) is 11.5 Å². The van der Waals surface area contributed by atoms with Gasteiger partial charge in [-0.2, -0.15) is 0 Å². The first kappa shape index (κ1) is 15.0. The summed E-state index contributed by atoms with van der Waals surface area (Å²) in [5, 5.41) is 3.69. The molecule has 0 fully saturated rings. The Kier molecular flexibility index (Phi) is 4.05. The molecular weight excluding hydrogens is 298 g/mol. The van der Waals surface area contributed by atoms with E-state index >= 15 is 0 Å². The fourth-order valence-electron chi connectivity index (χ4n) is 3.21. The maximum Gasteiger partial charge on any atom is 0.132 e. The van der Waals surface area contributed by atoms with Crippen LogP contribution in [0.2, 0.25) is 0 Å². The minimum absolute atomic E-state index is 0.153. The van der Waals surface area contributed by atoms with Crippen molar-refractivity contribution >= 4 is 0 Å². The summed E-state index contributed by atoms with van der Waals surface area (Å²) in [5.41, 5.74) is 3.75. The molecule has 0 spiro atoms. The molecule has 2 aromatic carbocycles. The van der Waals surface area contributed by atoms with Gasteiger partial charge < -0.3 is 14.6 Å². The molecule has 1 aromatic heterocycles. The summed E-state index contributed by atoms with van der Waals surface area (Å²) in [6, 6.07) is 14.9. The highest BCUT2D eigenvalue weighted by molar-refractivity contribution is 5.54. The monoisotopic (exact) mass is 319 g/mol. The third-order valence-electron chi connectivity index (χ3n) is 4.52. The van der Waals surface area contributed by atoms with Gasteiger partial charge in [-0.15, -0.1) is 0 Å². The molecule has 0 radical (unpaired) electrons. The predicted molar refractivity (Wildman–Crippen MR) is 94.4 cm³/mol. The quantitative estimate of drug-likeness (QED) is 0.774. The zero-order valence-corrected chi connectivity index (χ0v) is 13.8. The molecule has 4 heteroatoms. The Morgan fingerprint density at radius 3 is 2.83 bits per heavy atom. The van der Waals surface area contributed by atoms with Gasteiger partial charge in [0.15, 0.2) is 0 Å². The molecule has 0 saturated carbocycles. The second-order valence-corrected chi connectivity index (χ2v) is 6.05. The van der Waals surface area contributed by atoms with Crippen LogP contribution in [0, 0.1) is 0 Å². The lowest BCUT2D eigenvalue weighted by Gasteiger charge is -2.29. The highest BCUT2D eigenvalue weighted by Gasteiger charge is 2.26. The molecule has 0 amide bonds. The van der Waals surface area contributed by atoms with Crippen LogP contribution in [0.3, 0.4) is 0 Å². The van der Waals surface area contributed by atoms with Crippen LogP contribution in [-0.2, 0) is 13.0 Å². The first-order valence-electron chi connectivity index (χ1n) is 8.44. The van der Waals surface area contributed by atoms with Crippen molar-refractivity contribution in [1.29, 1.82) is 0 Å². The lowest BCUT2D eigenvalue weighted by atomic mass is 9.93. The Balaban J connectivity index is 1.63. The van der Waals surface area contributed by atoms with Crippen molar-refractivity contribution in [2.75, 3.05) is 6.54 Å². The molecule has 1 N–H and O–H groups in total. The molecule has 4 nitrogen and oxygen atoms in total. The number of benzene rings is 2. The summed E-state index contributed by atoms with van der Waals surface area (Å²) in [6.07, 6.45) is 6.68. The van der Waals surface area contributed by atoms with Gasteiger partial charge in [0.05, 0.1) is 12.4 Å². The van der Waals surface area contributed by atoms with Crippen molar-refractivity contribution in [3.63, 3.8) is 0 Å². The van der Waals surface area contributed by atoms with Crippen LogP contribution in [0.15, 0.2) is 61.2 Å². The summed E-state index contributed by atoms with van der Waals surface area (Å²) in [6.45, 7) is 3.94. The van der Waals surface area contributed by atoms with Gasteiger partial charge >= 0.3 is 0 Å². The number of aryl methyl sites for hydroxylation is 1. The molecule has 3 aromatic rings. The van der Waals surface area contributed by atoms with Gasteiger partial charge in [0, 0.05) is 36.6 Å². The minimum atomic E-state index is 0.153. The molecule has 0 aliphatic carbocycles. The third kappa shape index (κ3) is 2.81. The molecule has 4 rings (SSSR count). The SMILES string of the molecule is CCc1ccc2c(c1)C(NCCn1ccnc1)c1ccccc1O2. The Hall–Kier alpha value is -2.59. The number of fused-ring (bicyclic) bond motifs is 2. The topological polar surface area (TPSA) is 39.1 Å². The first-order chi connectivity index (χ1) is 11.8. The Morgan fingerprint density at radius 2 is 2.00 bits per heavy atom. The van der Waals surface area contributed by atoms with Crippen LogP contribution in [0.5, 0.6) is 11.5 Å². The number of rotatable bonds is 5. The second kappa shape index (κ2) is 6.49. The highest BCUT2D eigenvalue weighted by atomic mass is 16.5. The van der Waals surface area contributed by atoms with E-state index in [9.17, 15) is 0 Å². The van der Waals surface area contributed by atoms with E-state index in [1.165, 1.54) is 16.7 Å². The summed E-state index contributed by atoms with van der Waals surface area (Å²) in [7, 11) is 0. The number of aromatic nitrogens is 2. The fraction of sp³-hybridized carbons (Fsp3) is 0.250. The number of imidazole rings is 1. The van der Waals surface area contributed by atoms with Crippen molar-refractivity contribution in [3.05, 3.63) is 77.9 Å². The summed E-state index contributed by atoms with van der Waals surface area (Å²) in [5.74, 6) is 1.89. The normalized spacial score (nSPS) is 15.5. The van der Waals surface area contributed by atoms with Gasteiger partial charge in [-0.1, -0.05) is 37.3 Å². The van der Waals surface area contributed by atoms with Crippen LogP contribution < -0.4 is 10.1 Å². The third-order valence-corrected chi connectivity index (χ3v) is 4.52. The number of nitrogens with one attached hydrogen (secondary N) is 1. The maximum absolute atomic E-state index is 6.10. The Bertz CT molecular complexity index is 827. The number of ether oxygens (including phenoxy) is 1. The van der Waals surface area contributed by atoms with Crippen molar-refractivity contribution < 1.29 is 4.74 Å².